The van der Waals surface area contributed by atoms with Crippen LogP contribution >= 0.6 is 0 Å². The van der Waals surface area contributed by atoms with Gasteiger partial charge in [0.15, 0.2) is 0 Å². The predicted molar refractivity (Wildman–Crippen MR) is 66.9 cm³/mol. The average Bonchev–Trinajstić information content (AvgIpc) is 2.48. The van der Waals surface area contributed by atoms with E-state index in [1.165, 1.54) is 0 Å². The first kappa shape index (κ1) is 11.9. The molecule has 2 N–H and O–H groups in total. The third kappa shape index (κ3) is 2.58. The first-order valence-electron chi connectivity index (χ1n) is 5.95. The molecule has 92 valence electrons. The minimum atomic E-state index is -0.484. The summed E-state index contributed by atoms with van der Waals surface area (Å²) in [6, 6.07) is 9.43. The van der Waals surface area contributed by atoms with E-state index < -0.39 is 6.04 Å². The van der Waals surface area contributed by atoms with Gasteiger partial charge >= 0.3 is 0 Å². The Morgan fingerprint density at radius 1 is 1.41 bits per heavy atom. The second kappa shape index (κ2) is 5.19. The van der Waals surface area contributed by atoms with Crippen molar-refractivity contribution in [3.05, 3.63) is 30.3 Å². The first-order chi connectivity index (χ1) is 8.22. The molecule has 1 aromatic carbocycles. The Kier molecular flexibility index (Phi) is 3.64. The maximum atomic E-state index is 11.9. The Balaban J connectivity index is 2.27. The van der Waals surface area contributed by atoms with Gasteiger partial charge in [-0.25, -0.2) is 0 Å². The number of rotatable bonds is 2. The summed E-state index contributed by atoms with van der Waals surface area (Å²) in [5, 5.41) is 12.3. The fraction of sp³-hybridized carbons (Fsp3) is 0.462. The molecule has 1 heterocycles. The number of benzene rings is 1. The van der Waals surface area contributed by atoms with Gasteiger partial charge < -0.3 is 15.3 Å². The van der Waals surface area contributed by atoms with Crippen molar-refractivity contribution in [1.29, 1.82) is 0 Å². The van der Waals surface area contributed by atoms with Crippen LogP contribution < -0.4 is 10.2 Å². The van der Waals surface area contributed by atoms with Crippen LogP contribution in [0.15, 0.2) is 30.3 Å². The maximum absolute atomic E-state index is 11.9. The standard InChI is InChI=1S/C13H18N2O2/c1-10-7-8-15(11-5-3-2-4-6-11)12(9-16)13(17)14-10/h2-6,10,12,16H,7-9H2,1H3,(H,14,17). The Hall–Kier alpha value is -1.55. The Bertz CT molecular complexity index is 380. The fourth-order valence-electron chi connectivity index (χ4n) is 2.15. The first-order valence-corrected chi connectivity index (χ1v) is 5.95. The predicted octanol–water partition coefficient (Wildman–Crippen LogP) is 0.762. The molecular formula is C13H18N2O2. The number of anilines is 1. The molecular weight excluding hydrogens is 216 g/mol. The summed E-state index contributed by atoms with van der Waals surface area (Å²) < 4.78 is 0. The van der Waals surface area contributed by atoms with E-state index in [-0.39, 0.29) is 18.6 Å². The van der Waals surface area contributed by atoms with Gasteiger partial charge in [0, 0.05) is 18.3 Å². The maximum Gasteiger partial charge on any atom is 0.245 e. The Morgan fingerprint density at radius 3 is 2.76 bits per heavy atom. The van der Waals surface area contributed by atoms with Crippen LogP contribution in [-0.2, 0) is 4.79 Å². The van der Waals surface area contributed by atoms with Crippen molar-refractivity contribution in [2.75, 3.05) is 18.1 Å². The van der Waals surface area contributed by atoms with Crippen LogP contribution in [0.4, 0.5) is 5.69 Å². The quantitative estimate of drug-likeness (QED) is 0.794. The number of carbonyl (C=O) groups is 1. The molecule has 0 spiro atoms. The van der Waals surface area contributed by atoms with E-state index in [4.69, 9.17) is 0 Å². The van der Waals surface area contributed by atoms with Crippen LogP contribution in [0.5, 0.6) is 0 Å². The van der Waals surface area contributed by atoms with E-state index in [2.05, 4.69) is 5.32 Å². The second-order valence-corrected chi connectivity index (χ2v) is 4.43. The lowest BCUT2D eigenvalue weighted by molar-refractivity contribution is -0.123. The molecule has 4 heteroatoms. The highest BCUT2D eigenvalue weighted by Crippen LogP contribution is 2.19. The van der Waals surface area contributed by atoms with Crippen LogP contribution in [0.2, 0.25) is 0 Å². The smallest absolute Gasteiger partial charge is 0.245 e. The molecule has 0 aromatic heterocycles. The van der Waals surface area contributed by atoms with Crippen LogP contribution in [0.3, 0.4) is 0 Å². The molecule has 17 heavy (non-hydrogen) atoms. The van der Waals surface area contributed by atoms with Crippen LogP contribution in [0, 0.1) is 0 Å². The van der Waals surface area contributed by atoms with E-state index in [0.717, 1.165) is 18.7 Å². The number of carbonyl (C=O) groups excluding carboxylic acids is 1. The summed E-state index contributed by atoms with van der Waals surface area (Å²) in [7, 11) is 0. The summed E-state index contributed by atoms with van der Waals surface area (Å²) in [6.45, 7) is 2.60. The number of hydrogen-bond acceptors (Lipinski definition) is 3. The van der Waals surface area contributed by atoms with Crippen molar-refractivity contribution < 1.29 is 9.90 Å². The molecule has 2 rings (SSSR count). The zero-order valence-electron chi connectivity index (χ0n) is 9.97. The van der Waals surface area contributed by atoms with Crippen molar-refractivity contribution >= 4 is 11.6 Å². The molecule has 1 aromatic rings. The van der Waals surface area contributed by atoms with Gasteiger partial charge in [0.2, 0.25) is 5.91 Å². The van der Waals surface area contributed by atoms with E-state index >= 15 is 0 Å². The van der Waals surface area contributed by atoms with Gasteiger partial charge in [0.25, 0.3) is 0 Å². The van der Waals surface area contributed by atoms with Gasteiger partial charge in [-0.05, 0) is 25.5 Å². The van der Waals surface area contributed by atoms with Crippen molar-refractivity contribution in [3.8, 4) is 0 Å². The third-order valence-electron chi connectivity index (χ3n) is 3.13. The van der Waals surface area contributed by atoms with Crippen LogP contribution in [-0.4, -0.2) is 36.2 Å². The summed E-state index contributed by atoms with van der Waals surface area (Å²) in [5.41, 5.74) is 0.982. The van der Waals surface area contributed by atoms with Gasteiger partial charge in [0.1, 0.15) is 6.04 Å². The molecule has 1 saturated heterocycles. The van der Waals surface area contributed by atoms with Crippen LogP contribution in [0.25, 0.3) is 0 Å². The highest BCUT2D eigenvalue weighted by molar-refractivity contribution is 5.86. The van der Waals surface area contributed by atoms with E-state index in [9.17, 15) is 9.90 Å². The van der Waals surface area contributed by atoms with Gasteiger partial charge in [-0.3, -0.25) is 4.79 Å². The number of nitrogens with zero attached hydrogens (tertiary/aromatic N) is 1. The van der Waals surface area contributed by atoms with Gasteiger partial charge in [0.05, 0.1) is 6.61 Å². The zero-order chi connectivity index (χ0) is 12.3. The number of aliphatic hydroxyl groups is 1. The zero-order valence-corrected chi connectivity index (χ0v) is 9.97. The topological polar surface area (TPSA) is 52.6 Å². The highest BCUT2D eigenvalue weighted by Gasteiger charge is 2.29. The largest absolute Gasteiger partial charge is 0.394 e. The Morgan fingerprint density at radius 2 is 2.12 bits per heavy atom. The Labute approximate surface area is 101 Å². The summed E-state index contributed by atoms with van der Waals surface area (Å²) in [4.78, 5) is 13.9. The van der Waals surface area contributed by atoms with Gasteiger partial charge in [-0.2, -0.15) is 0 Å². The molecule has 1 aliphatic rings. The summed E-state index contributed by atoms with van der Waals surface area (Å²) in [6.07, 6.45) is 0.886. The number of para-hydroxylation sites is 1. The molecule has 1 fully saturated rings. The SMILES string of the molecule is CC1CCN(c2ccccc2)C(CO)C(=O)N1. The molecule has 0 saturated carbocycles. The number of amides is 1. The van der Waals surface area contributed by atoms with Crippen molar-refractivity contribution in [3.63, 3.8) is 0 Å². The third-order valence-corrected chi connectivity index (χ3v) is 3.13. The lowest BCUT2D eigenvalue weighted by atomic mass is 10.2. The molecule has 4 nitrogen and oxygen atoms in total. The normalized spacial score (nSPS) is 25.3. The lowest BCUT2D eigenvalue weighted by Gasteiger charge is -2.28. The minimum absolute atomic E-state index is 0.0960. The molecule has 1 aliphatic heterocycles. The van der Waals surface area contributed by atoms with E-state index in [0.29, 0.717) is 0 Å². The monoisotopic (exact) mass is 234 g/mol. The molecule has 2 unspecified atom stereocenters. The number of aliphatic hydroxyl groups excluding tert-OH is 1. The molecule has 0 radical (unpaired) electrons. The molecule has 0 aliphatic carbocycles. The molecule has 0 bridgehead atoms. The molecule has 2 atom stereocenters. The molecule has 1 amide bonds. The highest BCUT2D eigenvalue weighted by atomic mass is 16.3. The number of nitrogens with one attached hydrogen (secondary N) is 1. The summed E-state index contributed by atoms with van der Waals surface area (Å²) in [5.74, 6) is -0.0960. The van der Waals surface area contributed by atoms with Crippen LogP contribution in [0.1, 0.15) is 13.3 Å². The number of hydrogen-bond donors (Lipinski definition) is 2. The van der Waals surface area contributed by atoms with E-state index in [1.807, 2.05) is 42.2 Å². The second-order valence-electron chi connectivity index (χ2n) is 4.43. The fourth-order valence-corrected chi connectivity index (χ4v) is 2.15. The van der Waals surface area contributed by atoms with E-state index in [1.54, 1.807) is 0 Å². The summed E-state index contributed by atoms with van der Waals surface area (Å²) >= 11 is 0. The van der Waals surface area contributed by atoms with Gasteiger partial charge in [-0.1, -0.05) is 18.2 Å². The average molecular weight is 234 g/mol. The van der Waals surface area contributed by atoms with Crippen molar-refractivity contribution in [2.45, 2.75) is 25.4 Å². The van der Waals surface area contributed by atoms with Crippen molar-refractivity contribution in [2.24, 2.45) is 0 Å². The minimum Gasteiger partial charge on any atom is -0.394 e. The van der Waals surface area contributed by atoms with Gasteiger partial charge in [-0.15, -0.1) is 0 Å². The lowest BCUT2D eigenvalue weighted by Crippen LogP contribution is -2.47. The van der Waals surface area contributed by atoms with Crippen molar-refractivity contribution in [1.82, 2.24) is 5.32 Å².